The van der Waals surface area contributed by atoms with E-state index in [1.165, 1.54) is 12.4 Å². The highest BCUT2D eigenvalue weighted by atomic mass is 16.5. The Morgan fingerprint density at radius 2 is 1.88 bits per heavy atom. The minimum absolute atomic E-state index is 0.188. The lowest BCUT2D eigenvalue weighted by atomic mass is 10.2. The molecular formula is C17H20N6O3. The first kappa shape index (κ1) is 16.8. The van der Waals surface area contributed by atoms with E-state index in [-0.39, 0.29) is 11.9 Å². The molecule has 2 aliphatic heterocycles. The third kappa shape index (κ3) is 3.49. The number of nitrogens with zero attached hydrogens (tertiary/aromatic N) is 6. The number of ether oxygens (including phenoxy) is 2. The number of hydrogen-bond acceptors (Lipinski definition) is 8. The quantitative estimate of drug-likeness (QED) is 0.776. The van der Waals surface area contributed by atoms with Crippen LogP contribution in [0, 0.1) is 0 Å². The van der Waals surface area contributed by atoms with E-state index >= 15 is 0 Å². The van der Waals surface area contributed by atoms with E-state index in [0.29, 0.717) is 44.5 Å². The number of morpholine rings is 2. The molecule has 1 amide bonds. The summed E-state index contributed by atoms with van der Waals surface area (Å²) in [6.07, 6.45) is 6.26. The largest absolute Gasteiger partial charge is 0.378 e. The van der Waals surface area contributed by atoms with E-state index in [9.17, 15) is 4.79 Å². The summed E-state index contributed by atoms with van der Waals surface area (Å²) >= 11 is 0. The normalized spacial score (nSPS) is 20.8. The van der Waals surface area contributed by atoms with Crippen molar-refractivity contribution in [1.82, 2.24) is 24.8 Å². The molecule has 0 bridgehead atoms. The molecule has 9 nitrogen and oxygen atoms in total. The van der Waals surface area contributed by atoms with E-state index in [1.54, 1.807) is 17.3 Å². The van der Waals surface area contributed by atoms with Gasteiger partial charge in [-0.1, -0.05) is 0 Å². The highest BCUT2D eigenvalue weighted by Crippen LogP contribution is 2.24. The van der Waals surface area contributed by atoms with Gasteiger partial charge in [0.05, 0.1) is 32.6 Å². The van der Waals surface area contributed by atoms with Crippen molar-refractivity contribution in [2.24, 2.45) is 0 Å². The van der Waals surface area contributed by atoms with Crippen molar-refractivity contribution in [3.05, 3.63) is 42.4 Å². The Kier molecular flexibility index (Phi) is 4.98. The number of carbonyl (C=O) groups excluding carboxylic acids is 1. The Bertz CT molecular complexity index is 753. The molecule has 2 saturated heterocycles. The highest BCUT2D eigenvalue weighted by molar-refractivity contribution is 5.92. The van der Waals surface area contributed by atoms with Crippen molar-refractivity contribution in [2.75, 3.05) is 51.0 Å². The molecular weight excluding hydrogens is 336 g/mol. The van der Waals surface area contributed by atoms with Gasteiger partial charge in [0.2, 0.25) is 0 Å². The summed E-state index contributed by atoms with van der Waals surface area (Å²) in [7, 11) is 0. The van der Waals surface area contributed by atoms with Gasteiger partial charge in [-0.25, -0.2) is 15.0 Å². The van der Waals surface area contributed by atoms with Gasteiger partial charge >= 0.3 is 0 Å². The summed E-state index contributed by atoms with van der Waals surface area (Å²) < 4.78 is 11.0. The van der Waals surface area contributed by atoms with Gasteiger partial charge in [0, 0.05) is 38.2 Å². The van der Waals surface area contributed by atoms with E-state index in [1.807, 2.05) is 6.07 Å². The summed E-state index contributed by atoms with van der Waals surface area (Å²) in [5.74, 6) is 1.23. The van der Waals surface area contributed by atoms with Gasteiger partial charge < -0.3 is 19.3 Å². The molecule has 0 spiro atoms. The molecule has 2 aliphatic rings. The number of rotatable bonds is 3. The highest BCUT2D eigenvalue weighted by Gasteiger charge is 2.32. The molecule has 2 aromatic rings. The number of anilines is 1. The Balaban J connectivity index is 1.59. The van der Waals surface area contributed by atoms with Crippen molar-refractivity contribution in [1.29, 1.82) is 0 Å². The Morgan fingerprint density at radius 3 is 2.69 bits per heavy atom. The van der Waals surface area contributed by atoms with E-state index in [2.05, 4.69) is 19.9 Å². The van der Waals surface area contributed by atoms with Crippen LogP contribution in [0.1, 0.15) is 22.4 Å². The van der Waals surface area contributed by atoms with Gasteiger partial charge in [0.1, 0.15) is 17.6 Å². The maximum atomic E-state index is 12.9. The lowest BCUT2D eigenvalue weighted by molar-refractivity contribution is -0.00554. The fourth-order valence-corrected chi connectivity index (χ4v) is 3.11. The van der Waals surface area contributed by atoms with Crippen molar-refractivity contribution in [3.63, 3.8) is 0 Å². The Hall–Kier alpha value is -2.65. The van der Waals surface area contributed by atoms with Crippen molar-refractivity contribution in [3.8, 4) is 0 Å². The summed E-state index contributed by atoms with van der Waals surface area (Å²) in [6.45, 7) is 4.25. The van der Waals surface area contributed by atoms with Crippen LogP contribution < -0.4 is 4.90 Å². The minimum Gasteiger partial charge on any atom is -0.378 e. The first-order chi connectivity index (χ1) is 12.8. The van der Waals surface area contributed by atoms with E-state index < -0.39 is 0 Å². The van der Waals surface area contributed by atoms with Crippen molar-refractivity contribution >= 4 is 11.7 Å². The SMILES string of the molecule is O=C(c1cnccn1)N1CCOC[C@@H]1c1nccc(N2CCOCC2)n1. The molecule has 26 heavy (non-hydrogen) atoms. The number of amides is 1. The molecule has 0 unspecified atom stereocenters. The topological polar surface area (TPSA) is 93.6 Å². The Morgan fingerprint density at radius 1 is 1.04 bits per heavy atom. The predicted molar refractivity (Wildman–Crippen MR) is 91.7 cm³/mol. The molecule has 0 saturated carbocycles. The summed E-state index contributed by atoms with van der Waals surface area (Å²) in [5, 5.41) is 0. The summed E-state index contributed by atoms with van der Waals surface area (Å²) in [5.41, 5.74) is 0.309. The fraction of sp³-hybridized carbons (Fsp3) is 0.471. The standard InChI is InChI=1S/C17H20N6O3/c24-17(13-11-18-3-4-19-13)23-7-10-26-12-14(23)16-20-2-1-15(21-16)22-5-8-25-9-6-22/h1-4,11,14H,5-10,12H2/t14-/m1/s1. The Labute approximate surface area is 151 Å². The van der Waals surface area contributed by atoms with E-state index in [0.717, 1.165) is 18.9 Å². The van der Waals surface area contributed by atoms with Gasteiger partial charge in [0.15, 0.2) is 5.82 Å². The molecule has 4 heterocycles. The molecule has 1 atom stereocenters. The van der Waals surface area contributed by atoms with Gasteiger partial charge in [-0.3, -0.25) is 9.78 Å². The zero-order valence-corrected chi connectivity index (χ0v) is 14.3. The van der Waals surface area contributed by atoms with Gasteiger partial charge in [-0.05, 0) is 6.07 Å². The molecule has 136 valence electrons. The third-order valence-corrected chi connectivity index (χ3v) is 4.46. The van der Waals surface area contributed by atoms with Gasteiger partial charge in [0.25, 0.3) is 5.91 Å². The monoisotopic (exact) mass is 356 g/mol. The number of aromatic nitrogens is 4. The molecule has 0 N–H and O–H groups in total. The van der Waals surface area contributed by atoms with Crippen molar-refractivity contribution in [2.45, 2.75) is 6.04 Å². The lowest BCUT2D eigenvalue weighted by Crippen LogP contribution is -2.44. The second-order valence-corrected chi connectivity index (χ2v) is 6.05. The molecule has 2 fully saturated rings. The second-order valence-electron chi connectivity index (χ2n) is 6.05. The van der Waals surface area contributed by atoms with Crippen LogP contribution in [0.15, 0.2) is 30.9 Å². The fourth-order valence-electron chi connectivity index (χ4n) is 3.11. The molecule has 9 heteroatoms. The zero-order chi connectivity index (χ0) is 17.8. The third-order valence-electron chi connectivity index (χ3n) is 4.46. The lowest BCUT2D eigenvalue weighted by Gasteiger charge is -2.35. The smallest absolute Gasteiger partial charge is 0.274 e. The van der Waals surface area contributed by atoms with Crippen LogP contribution in [0.2, 0.25) is 0 Å². The predicted octanol–water partition coefficient (Wildman–Crippen LogP) is 0.317. The van der Waals surface area contributed by atoms with Crippen LogP contribution in [-0.4, -0.2) is 76.8 Å². The maximum absolute atomic E-state index is 12.9. The van der Waals surface area contributed by atoms with Gasteiger partial charge in [-0.15, -0.1) is 0 Å². The number of carbonyl (C=O) groups is 1. The van der Waals surface area contributed by atoms with Crippen LogP contribution in [0.4, 0.5) is 5.82 Å². The van der Waals surface area contributed by atoms with Crippen LogP contribution in [0.5, 0.6) is 0 Å². The summed E-state index contributed by atoms with van der Waals surface area (Å²) in [6, 6.07) is 1.53. The first-order valence-electron chi connectivity index (χ1n) is 8.63. The maximum Gasteiger partial charge on any atom is 0.274 e. The second kappa shape index (κ2) is 7.71. The molecule has 0 radical (unpaired) electrons. The van der Waals surface area contributed by atoms with Crippen molar-refractivity contribution < 1.29 is 14.3 Å². The zero-order valence-electron chi connectivity index (χ0n) is 14.3. The minimum atomic E-state index is -0.348. The molecule has 2 aromatic heterocycles. The molecule has 4 rings (SSSR count). The average Bonchev–Trinajstić information content (AvgIpc) is 2.74. The molecule has 0 aromatic carbocycles. The first-order valence-corrected chi connectivity index (χ1v) is 8.63. The van der Waals surface area contributed by atoms with Crippen LogP contribution in [-0.2, 0) is 9.47 Å². The van der Waals surface area contributed by atoms with Crippen LogP contribution >= 0.6 is 0 Å². The van der Waals surface area contributed by atoms with Crippen LogP contribution in [0.25, 0.3) is 0 Å². The summed E-state index contributed by atoms with van der Waals surface area (Å²) in [4.78, 5) is 33.9. The van der Waals surface area contributed by atoms with Crippen LogP contribution in [0.3, 0.4) is 0 Å². The average molecular weight is 356 g/mol. The molecule has 0 aliphatic carbocycles. The van der Waals surface area contributed by atoms with Gasteiger partial charge in [-0.2, -0.15) is 0 Å². The van der Waals surface area contributed by atoms with E-state index in [4.69, 9.17) is 14.5 Å². The number of hydrogen-bond donors (Lipinski definition) is 0.